The Balaban J connectivity index is 2.42. The molecule has 0 saturated heterocycles. The van der Waals surface area contributed by atoms with Crippen LogP contribution in [0.3, 0.4) is 0 Å². The number of rotatable bonds is 6. The molecule has 6 nitrogen and oxygen atoms in total. The van der Waals surface area contributed by atoms with Crippen molar-refractivity contribution in [1.29, 1.82) is 0 Å². The number of carbonyl (C=O) groups is 2. The number of amides is 1. The van der Waals surface area contributed by atoms with Crippen LogP contribution in [0.5, 0.6) is 5.88 Å². The Morgan fingerprint density at radius 3 is 2.23 bits per heavy atom. The van der Waals surface area contributed by atoms with E-state index in [2.05, 4.69) is 9.97 Å². The molecule has 0 fully saturated rings. The summed E-state index contributed by atoms with van der Waals surface area (Å²) >= 11 is 13.8. The average molecular weight is 470 g/mol. The van der Waals surface area contributed by atoms with E-state index >= 15 is 0 Å². The van der Waals surface area contributed by atoms with Gasteiger partial charge in [-0.1, -0.05) is 61.8 Å². The third-order valence-corrected chi connectivity index (χ3v) is 5.84. The summed E-state index contributed by atoms with van der Waals surface area (Å²) in [4.78, 5) is 34.7. The van der Waals surface area contributed by atoms with Gasteiger partial charge in [-0.3, -0.25) is 4.79 Å². The average Bonchev–Trinajstić information content (AvgIpc) is 2.63. The molecule has 0 aliphatic rings. The molecular weight excluding hydrogens is 445 g/mol. The molecule has 9 heteroatoms. The number of ether oxygens (including phenoxy) is 1. The molecule has 0 aliphatic carbocycles. The predicted molar refractivity (Wildman–Crippen MR) is 121 cm³/mol. The summed E-state index contributed by atoms with van der Waals surface area (Å²) in [6.45, 7) is 7.39. The molecule has 0 radical (unpaired) electrons. The second-order valence-electron chi connectivity index (χ2n) is 7.98. The quantitative estimate of drug-likeness (QED) is 0.413. The summed E-state index contributed by atoms with van der Waals surface area (Å²) < 4.78 is 5.51. The molecule has 0 spiro atoms. The molecule has 2 aromatic rings. The first-order valence-electron chi connectivity index (χ1n) is 9.25. The molecule has 0 saturated carbocycles. The minimum Gasteiger partial charge on any atom is -0.391 e. The number of ketones is 1. The fourth-order valence-corrected chi connectivity index (χ4v) is 3.87. The third kappa shape index (κ3) is 6.33. The van der Waals surface area contributed by atoms with E-state index < -0.39 is 11.5 Å². The molecule has 1 aromatic carbocycles. The molecule has 1 amide bonds. The smallest absolute Gasteiger partial charge is 0.391 e. The van der Waals surface area contributed by atoms with E-state index in [0.717, 1.165) is 0 Å². The van der Waals surface area contributed by atoms with E-state index in [1.807, 2.05) is 20.8 Å². The molecular formula is C21H25Cl2N3O3S. The first-order valence-corrected chi connectivity index (χ1v) is 11.0. The van der Waals surface area contributed by atoms with Gasteiger partial charge in [0.15, 0.2) is 5.16 Å². The number of benzene rings is 1. The maximum atomic E-state index is 12.3. The first kappa shape index (κ1) is 24.4. The Kier molecular flexibility index (Phi) is 8.13. The van der Waals surface area contributed by atoms with Gasteiger partial charge in [0.05, 0.1) is 5.75 Å². The van der Waals surface area contributed by atoms with E-state index in [4.69, 9.17) is 27.9 Å². The topological polar surface area (TPSA) is 72.4 Å². The first-order chi connectivity index (χ1) is 13.9. The summed E-state index contributed by atoms with van der Waals surface area (Å²) in [5.74, 6) is 0.426. The molecule has 30 heavy (non-hydrogen) atoms. The minimum atomic E-state index is -0.568. The highest BCUT2D eigenvalue weighted by atomic mass is 35.5. The summed E-state index contributed by atoms with van der Waals surface area (Å²) in [5.41, 5.74) is 1.46. The Bertz CT molecular complexity index is 939. The second kappa shape index (κ2) is 9.98. The summed E-state index contributed by atoms with van der Waals surface area (Å²) in [5, 5.41) is 1.36. The lowest BCUT2D eigenvalue weighted by molar-refractivity contribution is -0.123. The minimum absolute atomic E-state index is 0.0764. The zero-order valence-corrected chi connectivity index (χ0v) is 20.2. The predicted octanol–water partition coefficient (Wildman–Crippen LogP) is 5.45. The molecule has 2 rings (SSSR count). The molecule has 1 aromatic heterocycles. The van der Waals surface area contributed by atoms with E-state index in [1.165, 1.54) is 16.7 Å². The number of nitrogens with zero attached hydrogens (tertiary/aromatic N) is 3. The number of aryl methyl sites for hydroxylation is 1. The van der Waals surface area contributed by atoms with Crippen LogP contribution in [-0.2, 0) is 11.2 Å². The zero-order valence-electron chi connectivity index (χ0n) is 17.9. The highest BCUT2D eigenvalue weighted by Crippen LogP contribution is 2.32. The number of carbonyl (C=O) groups excluding carboxylic acids is 2. The van der Waals surface area contributed by atoms with Crippen LogP contribution in [0.25, 0.3) is 0 Å². The Labute approximate surface area is 191 Å². The number of hydrogen-bond acceptors (Lipinski definition) is 6. The van der Waals surface area contributed by atoms with Gasteiger partial charge >= 0.3 is 6.09 Å². The Morgan fingerprint density at radius 2 is 1.70 bits per heavy atom. The van der Waals surface area contributed by atoms with Crippen molar-refractivity contribution in [2.24, 2.45) is 5.41 Å². The Hall–Kier alpha value is -1.83. The second-order valence-corrected chi connectivity index (χ2v) is 9.73. The fraction of sp³-hybridized carbons (Fsp3) is 0.429. The monoisotopic (exact) mass is 469 g/mol. The number of halogens is 2. The van der Waals surface area contributed by atoms with E-state index in [1.54, 1.807) is 39.2 Å². The number of thioether (sulfide) groups is 1. The molecule has 0 bridgehead atoms. The van der Waals surface area contributed by atoms with Crippen LogP contribution >= 0.6 is 35.0 Å². The number of hydrogen-bond donors (Lipinski definition) is 0. The van der Waals surface area contributed by atoms with Gasteiger partial charge in [0, 0.05) is 47.2 Å². The van der Waals surface area contributed by atoms with Gasteiger partial charge in [0.1, 0.15) is 5.78 Å². The van der Waals surface area contributed by atoms with Gasteiger partial charge in [-0.2, -0.15) is 4.98 Å². The van der Waals surface area contributed by atoms with Gasteiger partial charge in [-0.25, -0.2) is 9.78 Å². The normalized spacial score (nSPS) is 11.3. The van der Waals surface area contributed by atoms with E-state index in [9.17, 15) is 9.59 Å². The van der Waals surface area contributed by atoms with Gasteiger partial charge in [0.2, 0.25) is 5.88 Å². The molecule has 1 heterocycles. The van der Waals surface area contributed by atoms with E-state index in [-0.39, 0.29) is 17.4 Å². The van der Waals surface area contributed by atoms with Crippen LogP contribution < -0.4 is 4.74 Å². The van der Waals surface area contributed by atoms with Crippen molar-refractivity contribution >= 4 is 46.8 Å². The lowest BCUT2D eigenvalue weighted by Gasteiger charge is -2.17. The Morgan fingerprint density at radius 1 is 1.10 bits per heavy atom. The number of Topliss-reactive ketones (excluding diaryl/α,β-unsaturated/α-hetero) is 1. The lowest BCUT2D eigenvalue weighted by Crippen LogP contribution is -2.26. The summed E-state index contributed by atoms with van der Waals surface area (Å²) in [7, 11) is 3.16. The zero-order chi connectivity index (χ0) is 22.6. The maximum absolute atomic E-state index is 12.3. The van der Waals surface area contributed by atoms with Crippen molar-refractivity contribution in [2.45, 2.75) is 39.3 Å². The van der Waals surface area contributed by atoms with Gasteiger partial charge in [-0.15, -0.1) is 0 Å². The van der Waals surface area contributed by atoms with Gasteiger partial charge in [-0.05, 0) is 24.6 Å². The largest absolute Gasteiger partial charge is 0.416 e. The highest BCUT2D eigenvalue weighted by molar-refractivity contribution is 7.99. The van der Waals surface area contributed by atoms with Gasteiger partial charge < -0.3 is 9.64 Å². The van der Waals surface area contributed by atoms with Crippen LogP contribution in [0.4, 0.5) is 4.79 Å². The maximum Gasteiger partial charge on any atom is 0.416 e. The van der Waals surface area contributed by atoms with Crippen molar-refractivity contribution in [3.05, 3.63) is 45.1 Å². The van der Waals surface area contributed by atoms with Crippen molar-refractivity contribution in [3.8, 4) is 5.88 Å². The molecule has 0 atom stereocenters. The van der Waals surface area contributed by atoms with Crippen LogP contribution in [0.1, 0.15) is 37.6 Å². The molecule has 0 N–H and O–H groups in total. The summed E-state index contributed by atoms with van der Waals surface area (Å²) in [6, 6.07) is 5.25. The summed E-state index contributed by atoms with van der Waals surface area (Å²) in [6.07, 6.45) is -0.270. The van der Waals surface area contributed by atoms with Crippen LogP contribution in [0, 0.1) is 12.3 Å². The standard InChI is InChI=1S/C21H25Cl2N3O3S/c1-12-13(10-14-15(22)8-7-9-16(14)23)18(29-20(28)26(5)6)25-19(24-12)30-11-17(27)21(2,3)4/h7-9H,10-11H2,1-6H3. The fourth-order valence-electron chi connectivity index (χ4n) is 2.30. The van der Waals surface area contributed by atoms with Crippen LogP contribution in [0.15, 0.2) is 23.4 Å². The highest BCUT2D eigenvalue weighted by Gasteiger charge is 2.23. The van der Waals surface area contributed by atoms with Crippen molar-refractivity contribution in [2.75, 3.05) is 19.8 Å². The number of aromatic nitrogens is 2. The van der Waals surface area contributed by atoms with Crippen molar-refractivity contribution in [3.63, 3.8) is 0 Å². The van der Waals surface area contributed by atoms with Crippen molar-refractivity contribution < 1.29 is 14.3 Å². The van der Waals surface area contributed by atoms with Crippen LogP contribution in [0.2, 0.25) is 10.0 Å². The molecule has 0 aliphatic heterocycles. The SMILES string of the molecule is Cc1nc(SCC(=O)C(C)(C)C)nc(OC(=O)N(C)C)c1Cc1c(Cl)cccc1Cl. The lowest BCUT2D eigenvalue weighted by atomic mass is 9.92. The van der Waals surface area contributed by atoms with Crippen molar-refractivity contribution in [1.82, 2.24) is 14.9 Å². The third-order valence-electron chi connectivity index (χ3n) is 4.29. The molecule has 162 valence electrons. The van der Waals surface area contributed by atoms with Crippen LogP contribution in [-0.4, -0.2) is 46.6 Å². The van der Waals surface area contributed by atoms with Gasteiger partial charge in [0.25, 0.3) is 0 Å². The molecule has 0 unspecified atom stereocenters. The van der Waals surface area contributed by atoms with E-state index in [0.29, 0.717) is 38.4 Å².